The molecule has 1 N–H and O–H groups in total. The van der Waals surface area contributed by atoms with E-state index in [1.165, 1.54) is 24.8 Å². The van der Waals surface area contributed by atoms with Crippen molar-refractivity contribution in [2.75, 3.05) is 47.8 Å². The van der Waals surface area contributed by atoms with Gasteiger partial charge in [-0.05, 0) is 62.4 Å². The third-order valence-electron chi connectivity index (χ3n) is 6.24. The van der Waals surface area contributed by atoms with Gasteiger partial charge >= 0.3 is 6.03 Å². The van der Waals surface area contributed by atoms with Crippen molar-refractivity contribution in [3.05, 3.63) is 42.0 Å². The fourth-order valence-corrected chi connectivity index (χ4v) is 4.24. The normalized spacial score (nSPS) is 19.7. The smallest absolute Gasteiger partial charge is 0.321 e. The second-order valence-corrected chi connectivity index (χ2v) is 8.24. The number of nitrogens with one attached hydrogen (secondary N) is 1. The number of piperazine rings is 1. The van der Waals surface area contributed by atoms with Crippen molar-refractivity contribution >= 4 is 23.4 Å². The lowest BCUT2D eigenvalue weighted by Crippen LogP contribution is -2.50. The van der Waals surface area contributed by atoms with E-state index in [-0.39, 0.29) is 6.03 Å². The fraction of sp³-hybridized carbons (Fsp3) is 0.522. The summed E-state index contributed by atoms with van der Waals surface area (Å²) in [7, 11) is 0. The van der Waals surface area contributed by atoms with Gasteiger partial charge in [0.25, 0.3) is 0 Å². The lowest BCUT2D eigenvalue weighted by atomic mass is 10.0. The van der Waals surface area contributed by atoms with Crippen molar-refractivity contribution in [1.82, 2.24) is 15.1 Å². The molecule has 2 saturated heterocycles. The number of amides is 2. The molecular formula is C23H32N6O. The van der Waals surface area contributed by atoms with Gasteiger partial charge in [-0.25, -0.2) is 4.79 Å². The average molecular weight is 409 g/mol. The fourth-order valence-electron chi connectivity index (χ4n) is 4.24. The van der Waals surface area contributed by atoms with E-state index in [0.29, 0.717) is 19.1 Å². The van der Waals surface area contributed by atoms with Crippen molar-refractivity contribution in [1.29, 1.82) is 0 Å². The van der Waals surface area contributed by atoms with Crippen molar-refractivity contribution in [3.8, 4) is 0 Å². The molecule has 0 radical (unpaired) electrons. The number of rotatable bonds is 4. The molecule has 1 aromatic heterocycles. The third-order valence-corrected chi connectivity index (χ3v) is 6.24. The molecule has 2 fully saturated rings. The number of nitrogens with zero attached hydrogens (tertiary/aromatic N) is 5. The lowest BCUT2D eigenvalue weighted by Gasteiger charge is -2.36. The van der Waals surface area contributed by atoms with Gasteiger partial charge in [0.15, 0.2) is 11.6 Å². The second-order valence-electron chi connectivity index (χ2n) is 8.24. The molecule has 1 unspecified atom stereocenters. The minimum absolute atomic E-state index is 0.0422. The zero-order valence-electron chi connectivity index (χ0n) is 18.0. The van der Waals surface area contributed by atoms with Crippen LogP contribution in [-0.4, -0.2) is 59.9 Å². The number of carbonyl (C=O) groups is 1. The highest BCUT2D eigenvalue weighted by Crippen LogP contribution is 2.24. The summed E-state index contributed by atoms with van der Waals surface area (Å²) in [5, 5.41) is 12.0. The standard InChI is InChI=1S/C23H32N6O/c1-3-19-7-9-20(10-8-19)24-23(30)28-16-14-27(15-17-28)21-11-12-22(26-25-21)29-13-5-4-6-18(29)2/h7-12,18H,3-6,13-17H2,1-2H3,(H,24,30). The Morgan fingerprint density at radius 3 is 2.30 bits per heavy atom. The maximum absolute atomic E-state index is 12.6. The van der Waals surface area contributed by atoms with E-state index < -0.39 is 0 Å². The molecular weight excluding hydrogens is 376 g/mol. The summed E-state index contributed by atoms with van der Waals surface area (Å²) >= 11 is 0. The van der Waals surface area contributed by atoms with E-state index in [2.05, 4.69) is 63.4 Å². The molecule has 4 rings (SSSR count). The number of benzene rings is 1. The molecule has 2 aliphatic heterocycles. The summed E-state index contributed by atoms with van der Waals surface area (Å²) in [5.74, 6) is 1.86. The Bertz CT molecular complexity index is 830. The Labute approximate surface area is 179 Å². The first kappa shape index (κ1) is 20.4. The van der Waals surface area contributed by atoms with E-state index in [4.69, 9.17) is 0 Å². The number of carbonyl (C=O) groups excluding carboxylic acids is 1. The van der Waals surface area contributed by atoms with Gasteiger partial charge in [-0.2, -0.15) is 0 Å². The van der Waals surface area contributed by atoms with Gasteiger partial charge < -0.3 is 20.0 Å². The van der Waals surface area contributed by atoms with E-state index >= 15 is 0 Å². The molecule has 1 aromatic carbocycles. The van der Waals surface area contributed by atoms with Crippen LogP contribution in [0.2, 0.25) is 0 Å². The van der Waals surface area contributed by atoms with Crippen LogP contribution in [-0.2, 0) is 6.42 Å². The summed E-state index contributed by atoms with van der Waals surface area (Å²) in [6, 6.07) is 12.7. The van der Waals surface area contributed by atoms with Gasteiger partial charge in [0, 0.05) is 44.5 Å². The molecule has 2 amide bonds. The summed E-state index contributed by atoms with van der Waals surface area (Å²) < 4.78 is 0. The molecule has 0 spiro atoms. The highest BCUT2D eigenvalue weighted by atomic mass is 16.2. The van der Waals surface area contributed by atoms with Crippen LogP contribution in [0.1, 0.15) is 38.7 Å². The predicted molar refractivity (Wildman–Crippen MR) is 121 cm³/mol. The lowest BCUT2D eigenvalue weighted by molar-refractivity contribution is 0.208. The highest BCUT2D eigenvalue weighted by Gasteiger charge is 2.23. The van der Waals surface area contributed by atoms with Crippen molar-refractivity contribution < 1.29 is 4.79 Å². The quantitative estimate of drug-likeness (QED) is 0.834. The summed E-state index contributed by atoms with van der Waals surface area (Å²) in [6.07, 6.45) is 4.74. The van der Waals surface area contributed by atoms with E-state index in [0.717, 1.165) is 43.4 Å². The topological polar surface area (TPSA) is 64.6 Å². The summed E-state index contributed by atoms with van der Waals surface area (Å²) in [5.41, 5.74) is 2.11. The number of piperidine rings is 1. The third kappa shape index (κ3) is 4.66. The summed E-state index contributed by atoms with van der Waals surface area (Å²) in [6.45, 7) is 8.31. The monoisotopic (exact) mass is 408 g/mol. The molecule has 3 heterocycles. The van der Waals surface area contributed by atoms with Crippen LogP contribution < -0.4 is 15.1 Å². The first-order valence-electron chi connectivity index (χ1n) is 11.1. The van der Waals surface area contributed by atoms with Gasteiger partial charge in [0.05, 0.1) is 0 Å². The zero-order valence-corrected chi connectivity index (χ0v) is 18.0. The molecule has 160 valence electrons. The van der Waals surface area contributed by atoms with Crippen molar-refractivity contribution in [2.45, 2.75) is 45.6 Å². The zero-order chi connectivity index (χ0) is 20.9. The maximum Gasteiger partial charge on any atom is 0.321 e. The van der Waals surface area contributed by atoms with Gasteiger partial charge in [-0.1, -0.05) is 19.1 Å². The molecule has 0 aliphatic carbocycles. The number of aromatic nitrogens is 2. The van der Waals surface area contributed by atoms with E-state index in [1.54, 1.807) is 0 Å². The Morgan fingerprint density at radius 2 is 1.67 bits per heavy atom. The largest absolute Gasteiger partial charge is 0.352 e. The van der Waals surface area contributed by atoms with Crippen LogP contribution in [0, 0.1) is 0 Å². The van der Waals surface area contributed by atoms with Gasteiger partial charge in [0.2, 0.25) is 0 Å². The minimum Gasteiger partial charge on any atom is -0.352 e. The number of aryl methyl sites for hydroxylation is 1. The van der Waals surface area contributed by atoms with Crippen LogP contribution in [0.3, 0.4) is 0 Å². The molecule has 7 heteroatoms. The maximum atomic E-state index is 12.6. The first-order chi connectivity index (χ1) is 14.6. The Kier molecular flexibility index (Phi) is 6.35. The Hall–Kier alpha value is -2.83. The predicted octanol–water partition coefficient (Wildman–Crippen LogP) is 3.77. The van der Waals surface area contributed by atoms with Crippen LogP contribution in [0.15, 0.2) is 36.4 Å². The minimum atomic E-state index is -0.0422. The molecule has 7 nitrogen and oxygen atoms in total. The average Bonchev–Trinajstić information content (AvgIpc) is 2.80. The number of hydrogen-bond acceptors (Lipinski definition) is 5. The Morgan fingerprint density at radius 1 is 0.967 bits per heavy atom. The number of hydrogen-bond donors (Lipinski definition) is 1. The van der Waals surface area contributed by atoms with Crippen LogP contribution in [0.5, 0.6) is 0 Å². The van der Waals surface area contributed by atoms with Crippen molar-refractivity contribution in [3.63, 3.8) is 0 Å². The van der Waals surface area contributed by atoms with Crippen LogP contribution in [0.4, 0.5) is 22.1 Å². The van der Waals surface area contributed by atoms with Crippen molar-refractivity contribution in [2.24, 2.45) is 0 Å². The molecule has 1 atom stereocenters. The Balaban J connectivity index is 1.30. The van der Waals surface area contributed by atoms with E-state index in [9.17, 15) is 4.79 Å². The molecule has 0 saturated carbocycles. The second kappa shape index (κ2) is 9.32. The molecule has 30 heavy (non-hydrogen) atoms. The SMILES string of the molecule is CCc1ccc(NC(=O)N2CCN(c3ccc(N4CCCCC4C)nn3)CC2)cc1. The summed E-state index contributed by atoms with van der Waals surface area (Å²) in [4.78, 5) is 19.0. The van der Waals surface area contributed by atoms with Gasteiger partial charge in [-0.15, -0.1) is 10.2 Å². The van der Waals surface area contributed by atoms with Crippen LogP contribution in [0.25, 0.3) is 0 Å². The number of urea groups is 1. The van der Waals surface area contributed by atoms with Crippen LogP contribution >= 0.6 is 0 Å². The highest BCUT2D eigenvalue weighted by molar-refractivity contribution is 5.89. The van der Waals surface area contributed by atoms with Gasteiger partial charge in [0.1, 0.15) is 0 Å². The molecule has 2 aliphatic rings. The molecule has 0 bridgehead atoms. The molecule has 2 aromatic rings. The number of anilines is 3. The van der Waals surface area contributed by atoms with Gasteiger partial charge in [-0.3, -0.25) is 0 Å². The first-order valence-corrected chi connectivity index (χ1v) is 11.1. The van der Waals surface area contributed by atoms with E-state index in [1.807, 2.05) is 17.0 Å².